The van der Waals surface area contributed by atoms with Crippen LogP contribution in [0.1, 0.15) is 0 Å². The average molecular weight is 503 g/mol. The van der Waals surface area contributed by atoms with Crippen molar-refractivity contribution in [1.82, 2.24) is 24.6 Å². The second kappa shape index (κ2) is 10.7. The summed E-state index contributed by atoms with van der Waals surface area (Å²) >= 11 is 0. The summed E-state index contributed by atoms with van der Waals surface area (Å²) in [6.45, 7) is 2.52. The molecule has 1 fully saturated rings. The van der Waals surface area contributed by atoms with Gasteiger partial charge in [-0.1, -0.05) is 30.3 Å². The van der Waals surface area contributed by atoms with Gasteiger partial charge in [0.2, 0.25) is 11.8 Å². The Morgan fingerprint density at radius 2 is 1.70 bits per heavy atom. The van der Waals surface area contributed by atoms with E-state index in [1.54, 1.807) is 30.0 Å². The van der Waals surface area contributed by atoms with Crippen LogP contribution in [0.2, 0.25) is 0 Å². The van der Waals surface area contributed by atoms with Gasteiger partial charge >= 0.3 is 0 Å². The quantitative estimate of drug-likeness (QED) is 0.382. The summed E-state index contributed by atoms with van der Waals surface area (Å²) in [7, 11) is 3.00. The van der Waals surface area contributed by atoms with E-state index in [1.165, 1.54) is 19.5 Å². The number of rotatable bonds is 7. The lowest BCUT2D eigenvalue weighted by Gasteiger charge is -2.35. The zero-order valence-corrected chi connectivity index (χ0v) is 20.7. The summed E-state index contributed by atoms with van der Waals surface area (Å²) in [5, 5.41) is 4.73. The SMILES string of the molecule is COc1cc(N2CCN(C(=O)Cn3nc(-c4ccc(F)c(OC)c4)cc3-c3ccccc3)CC2)ncn1. The lowest BCUT2D eigenvalue weighted by Crippen LogP contribution is -2.50. The third-order valence-corrected chi connectivity index (χ3v) is 6.37. The number of methoxy groups -OCH3 is 2. The predicted molar refractivity (Wildman–Crippen MR) is 137 cm³/mol. The topological polar surface area (TPSA) is 85.6 Å². The Bertz CT molecular complexity index is 1390. The molecule has 2 aromatic carbocycles. The minimum absolute atomic E-state index is 0.0246. The van der Waals surface area contributed by atoms with Crippen LogP contribution in [0.15, 0.2) is 67.0 Å². The number of hydrogen-bond acceptors (Lipinski definition) is 7. The van der Waals surface area contributed by atoms with Crippen LogP contribution in [0.4, 0.5) is 10.2 Å². The zero-order valence-electron chi connectivity index (χ0n) is 20.7. The van der Waals surface area contributed by atoms with Crippen LogP contribution in [0, 0.1) is 5.82 Å². The Labute approximate surface area is 214 Å². The number of halogens is 1. The number of piperazine rings is 1. The molecule has 5 rings (SSSR count). The molecule has 3 heterocycles. The summed E-state index contributed by atoms with van der Waals surface area (Å²) < 4.78 is 26.0. The number of anilines is 1. The molecule has 0 aliphatic carbocycles. The molecule has 0 bridgehead atoms. The molecule has 9 nitrogen and oxygen atoms in total. The fraction of sp³-hybridized carbons (Fsp3) is 0.259. The molecule has 1 amide bonds. The van der Waals surface area contributed by atoms with E-state index in [4.69, 9.17) is 14.6 Å². The van der Waals surface area contributed by atoms with Gasteiger partial charge in [-0.25, -0.2) is 14.4 Å². The second-order valence-corrected chi connectivity index (χ2v) is 8.57. The molecular weight excluding hydrogens is 475 g/mol. The molecule has 37 heavy (non-hydrogen) atoms. The number of benzene rings is 2. The van der Waals surface area contributed by atoms with E-state index in [1.807, 2.05) is 41.3 Å². The molecule has 1 aliphatic heterocycles. The summed E-state index contributed by atoms with van der Waals surface area (Å²) in [5.41, 5.74) is 3.08. The lowest BCUT2D eigenvalue weighted by molar-refractivity contribution is -0.132. The number of aromatic nitrogens is 4. The fourth-order valence-corrected chi connectivity index (χ4v) is 4.37. The minimum Gasteiger partial charge on any atom is -0.494 e. The first-order chi connectivity index (χ1) is 18.1. The molecule has 0 spiro atoms. The van der Waals surface area contributed by atoms with Crippen LogP contribution in [0.5, 0.6) is 11.6 Å². The number of carbonyl (C=O) groups is 1. The van der Waals surface area contributed by atoms with Crippen molar-refractivity contribution in [3.63, 3.8) is 0 Å². The van der Waals surface area contributed by atoms with Gasteiger partial charge in [-0.2, -0.15) is 5.10 Å². The Hall–Kier alpha value is -4.47. The van der Waals surface area contributed by atoms with Gasteiger partial charge in [0.25, 0.3) is 0 Å². The highest BCUT2D eigenvalue weighted by Crippen LogP contribution is 2.30. The average Bonchev–Trinajstić information content (AvgIpc) is 3.37. The maximum absolute atomic E-state index is 14.0. The summed E-state index contributed by atoms with van der Waals surface area (Å²) in [5.74, 6) is 0.956. The smallest absolute Gasteiger partial charge is 0.244 e. The highest BCUT2D eigenvalue weighted by atomic mass is 19.1. The molecule has 0 atom stereocenters. The number of nitrogens with zero attached hydrogens (tertiary/aromatic N) is 6. The molecule has 0 unspecified atom stereocenters. The molecule has 2 aromatic heterocycles. The maximum atomic E-state index is 14.0. The first kappa shape index (κ1) is 24.2. The Morgan fingerprint density at radius 1 is 0.919 bits per heavy atom. The highest BCUT2D eigenvalue weighted by Gasteiger charge is 2.24. The number of ether oxygens (including phenoxy) is 2. The van der Waals surface area contributed by atoms with Crippen LogP contribution in [0.25, 0.3) is 22.5 Å². The van der Waals surface area contributed by atoms with E-state index in [2.05, 4.69) is 14.9 Å². The van der Waals surface area contributed by atoms with Gasteiger partial charge in [0.15, 0.2) is 11.6 Å². The normalized spacial score (nSPS) is 13.5. The van der Waals surface area contributed by atoms with Crippen molar-refractivity contribution in [2.75, 3.05) is 45.3 Å². The van der Waals surface area contributed by atoms with Crippen molar-refractivity contribution in [3.8, 4) is 34.1 Å². The summed E-state index contributed by atoms with van der Waals surface area (Å²) in [6.07, 6.45) is 1.48. The van der Waals surface area contributed by atoms with Gasteiger partial charge in [-0.3, -0.25) is 9.48 Å². The molecule has 10 heteroatoms. The first-order valence-corrected chi connectivity index (χ1v) is 11.9. The Kier molecular flexibility index (Phi) is 6.98. The van der Waals surface area contributed by atoms with Crippen LogP contribution in [-0.2, 0) is 11.3 Å². The molecule has 0 radical (unpaired) electrons. The first-order valence-electron chi connectivity index (χ1n) is 11.9. The van der Waals surface area contributed by atoms with Crippen molar-refractivity contribution in [1.29, 1.82) is 0 Å². The monoisotopic (exact) mass is 502 g/mol. The Balaban J connectivity index is 1.35. The van der Waals surface area contributed by atoms with Gasteiger partial charge in [-0.05, 0) is 29.8 Å². The largest absolute Gasteiger partial charge is 0.494 e. The number of hydrogen-bond donors (Lipinski definition) is 0. The van der Waals surface area contributed by atoms with Gasteiger partial charge in [0.05, 0.1) is 25.6 Å². The van der Waals surface area contributed by atoms with E-state index in [0.29, 0.717) is 43.3 Å². The van der Waals surface area contributed by atoms with E-state index in [-0.39, 0.29) is 18.2 Å². The third-order valence-electron chi connectivity index (χ3n) is 6.37. The molecule has 1 saturated heterocycles. The molecule has 0 saturated carbocycles. The lowest BCUT2D eigenvalue weighted by atomic mass is 10.1. The van der Waals surface area contributed by atoms with Gasteiger partial charge in [0, 0.05) is 37.8 Å². The molecule has 0 N–H and O–H groups in total. The van der Waals surface area contributed by atoms with Crippen LogP contribution >= 0.6 is 0 Å². The van der Waals surface area contributed by atoms with E-state index < -0.39 is 5.82 Å². The molecule has 4 aromatic rings. The number of amides is 1. The van der Waals surface area contributed by atoms with E-state index >= 15 is 0 Å². The van der Waals surface area contributed by atoms with Crippen molar-refractivity contribution < 1.29 is 18.7 Å². The van der Waals surface area contributed by atoms with Crippen molar-refractivity contribution in [2.24, 2.45) is 0 Å². The van der Waals surface area contributed by atoms with Crippen molar-refractivity contribution in [3.05, 3.63) is 72.8 Å². The maximum Gasteiger partial charge on any atom is 0.244 e. The van der Waals surface area contributed by atoms with Gasteiger partial charge in [0.1, 0.15) is 18.7 Å². The van der Waals surface area contributed by atoms with E-state index in [0.717, 1.165) is 17.1 Å². The van der Waals surface area contributed by atoms with Crippen LogP contribution in [0.3, 0.4) is 0 Å². The van der Waals surface area contributed by atoms with Gasteiger partial charge in [-0.15, -0.1) is 0 Å². The minimum atomic E-state index is -0.441. The van der Waals surface area contributed by atoms with E-state index in [9.17, 15) is 9.18 Å². The predicted octanol–water partition coefficient (Wildman–Crippen LogP) is 3.51. The summed E-state index contributed by atoms with van der Waals surface area (Å²) in [4.78, 5) is 25.6. The van der Waals surface area contributed by atoms with Crippen molar-refractivity contribution in [2.45, 2.75) is 6.54 Å². The van der Waals surface area contributed by atoms with Crippen LogP contribution < -0.4 is 14.4 Å². The van der Waals surface area contributed by atoms with Gasteiger partial charge < -0.3 is 19.3 Å². The molecule has 1 aliphatic rings. The second-order valence-electron chi connectivity index (χ2n) is 8.57. The molecule has 190 valence electrons. The third kappa shape index (κ3) is 5.23. The fourth-order valence-electron chi connectivity index (χ4n) is 4.37. The summed E-state index contributed by atoms with van der Waals surface area (Å²) in [6, 6.07) is 18.1. The zero-order chi connectivity index (χ0) is 25.8. The Morgan fingerprint density at radius 3 is 2.43 bits per heavy atom. The number of carbonyl (C=O) groups excluding carboxylic acids is 1. The standard InChI is InChI=1S/C27H27FN6O3/c1-36-24-14-20(8-9-21(24)28)22-15-23(19-6-4-3-5-7-19)34(31-22)17-27(35)33-12-10-32(11-13-33)25-16-26(37-2)30-18-29-25/h3-9,14-16,18H,10-13,17H2,1-2H3. The highest BCUT2D eigenvalue weighted by molar-refractivity contribution is 5.78. The van der Waals surface area contributed by atoms with Crippen molar-refractivity contribution >= 4 is 11.7 Å². The molecular formula is C27H27FN6O3. The van der Waals surface area contributed by atoms with Crippen LogP contribution in [-0.4, -0.2) is 71.0 Å².